The van der Waals surface area contributed by atoms with Crippen molar-refractivity contribution < 1.29 is 58.2 Å². The van der Waals surface area contributed by atoms with Crippen molar-refractivity contribution in [2.24, 2.45) is 23.7 Å². The first kappa shape index (κ1) is 34.1. The smallest absolute Gasteiger partial charge is 0.435 e. The molecule has 2 saturated carbocycles. The summed E-state index contributed by atoms with van der Waals surface area (Å²) in [5.41, 5.74) is -7.75. The zero-order valence-corrected chi connectivity index (χ0v) is 25.2. The highest BCUT2D eigenvalue weighted by Gasteiger charge is 2.74. The quantitative estimate of drug-likeness (QED) is 0.259. The number of alkyl halides is 7. The van der Waals surface area contributed by atoms with Crippen molar-refractivity contribution in [3.8, 4) is 0 Å². The van der Waals surface area contributed by atoms with Crippen molar-refractivity contribution in [3.05, 3.63) is 65.0 Å². The molecular formula is C31H31F8NO5S. The van der Waals surface area contributed by atoms with E-state index in [2.05, 4.69) is 5.32 Å². The summed E-state index contributed by atoms with van der Waals surface area (Å²) in [5, 5.41) is 12.3. The fraction of sp³-hybridized carbons (Fsp3) is 0.548. The third kappa shape index (κ3) is 5.26. The van der Waals surface area contributed by atoms with Crippen molar-refractivity contribution in [1.82, 2.24) is 5.32 Å². The summed E-state index contributed by atoms with van der Waals surface area (Å²) in [6.07, 6.45) is -12.3. The fourth-order valence-corrected chi connectivity index (χ4v) is 10.3. The second kappa shape index (κ2) is 11.5. The lowest BCUT2D eigenvalue weighted by Gasteiger charge is -2.43. The molecule has 6 nitrogen and oxygen atoms in total. The molecule has 2 fully saturated rings. The number of sulfone groups is 1. The molecule has 0 radical (unpaired) electrons. The minimum atomic E-state index is -6.36. The minimum absolute atomic E-state index is 0.0784. The van der Waals surface area contributed by atoms with Gasteiger partial charge < -0.3 is 10.4 Å². The van der Waals surface area contributed by atoms with Gasteiger partial charge in [0.1, 0.15) is 10.6 Å². The molecule has 252 valence electrons. The van der Waals surface area contributed by atoms with Crippen LogP contribution in [0.15, 0.2) is 47.4 Å². The molecule has 2 N–H and O–H groups in total. The topological polar surface area (TPSA) is 101 Å². The first-order valence-corrected chi connectivity index (χ1v) is 16.2. The lowest BCUT2D eigenvalue weighted by atomic mass is 9.73. The largest absolute Gasteiger partial charge is 0.481 e. The van der Waals surface area contributed by atoms with Gasteiger partial charge >= 0.3 is 24.0 Å². The number of fused-ring (bicyclic) bond motifs is 3. The summed E-state index contributed by atoms with van der Waals surface area (Å²) in [7, 11) is -4.54. The predicted octanol–water partition coefficient (Wildman–Crippen LogP) is 6.76. The van der Waals surface area contributed by atoms with Crippen LogP contribution in [0.3, 0.4) is 0 Å². The maximum Gasteiger partial charge on any atom is 0.435 e. The zero-order chi connectivity index (χ0) is 34.0. The average Bonchev–Trinajstić information content (AvgIpc) is 3.35. The van der Waals surface area contributed by atoms with E-state index in [0.29, 0.717) is 12.1 Å². The van der Waals surface area contributed by atoms with Crippen LogP contribution in [0.25, 0.3) is 0 Å². The number of hydrogen-bond donors (Lipinski definition) is 2. The van der Waals surface area contributed by atoms with Crippen molar-refractivity contribution >= 4 is 21.7 Å². The third-order valence-electron chi connectivity index (χ3n) is 10.2. The SMILES string of the molecule is C[C@H]1CC(C(=O)O)CC[C@H]1C(=O)N[C@@H]1CC[C@@]2(S(=O)(=O)c3ccc(F)cc3)c3ccc(C(F)(C(F)(F)F)C(F)(F)F)cc3CC[C@@H]12. The van der Waals surface area contributed by atoms with Gasteiger partial charge in [-0.1, -0.05) is 25.1 Å². The summed E-state index contributed by atoms with van der Waals surface area (Å²) in [5.74, 6) is -4.46. The number of amides is 1. The highest BCUT2D eigenvalue weighted by Crippen LogP contribution is 2.59. The molecule has 46 heavy (non-hydrogen) atoms. The van der Waals surface area contributed by atoms with Crippen LogP contribution in [0.4, 0.5) is 35.1 Å². The maximum atomic E-state index is 15.0. The highest BCUT2D eigenvalue weighted by molar-refractivity contribution is 7.92. The Labute approximate surface area is 259 Å². The second-order valence-corrected chi connectivity index (χ2v) is 14.8. The van der Waals surface area contributed by atoms with Gasteiger partial charge in [-0.25, -0.2) is 17.2 Å². The second-order valence-electron chi connectivity index (χ2n) is 12.6. The molecule has 3 aliphatic carbocycles. The molecule has 1 unspecified atom stereocenters. The normalized spacial score (nSPS) is 28.7. The number of carbonyl (C=O) groups is 2. The first-order valence-electron chi connectivity index (χ1n) is 14.8. The number of rotatable bonds is 6. The molecular weight excluding hydrogens is 650 g/mol. The Morgan fingerprint density at radius 1 is 0.913 bits per heavy atom. The van der Waals surface area contributed by atoms with Crippen LogP contribution in [0.2, 0.25) is 0 Å². The molecule has 5 rings (SSSR count). The van der Waals surface area contributed by atoms with Gasteiger partial charge in [0.25, 0.3) is 0 Å². The summed E-state index contributed by atoms with van der Waals surface area (Å²) in [6, 6.07) is 4.56. The van der Waals surface area contributed by atoms with Crippen LogP contribution in [0, 0.1) is 29.5 Å². The van der Waals surface area contributed by atoms with Gasteiger partial charge in [0.05, 0.1) is 10.8 Å². The van der Waals surface area contributed by atoms with E-state index in [1.54, 1.807) is 6.92 Å². The number of carboxylic acid groups (broad SMARTS) is 1. The summed E-state index contributed by atoms with van der Waals surface area (Å²) in [6.45, 7) is 1.75. The third-order valence-corrected chi connectivity index (χ3v) is 12.7. The van der Waals surface area contributed by atoms with Crippen LogP contribution in [-0.2, 0) is 36.3 Å². The summed E-state index contributed by atoms with van der Waals surface area (Å²) < 4.78 is 137. The number of halogens is 8. The molecule has 1 amide bonds. The predicted molar refractivity (Wildman–Crippen MR) is 147 cm³/mol. The van der Waals surface area contributed by atoms with E-state index in [-0.39, 0.29) is 66.9 Å². The number of benzene rings is 2. The molecule has 15 heteroatoms. The van der Waals surface area contributed by atoms with E-state index in [4.69, 9.17) is 0 Å². The fourth-order valence-electron chi connectivity index (χ4n) is 7.85. The van der Waals surface area contributed by atoms with Gasteiger partial charge in [-0.15, -0.1) is 0 Å². The maximum absolute atomic E-state index is 15.0. The Kier molecular flexibility index (Phi) is 8.51. The molecule has 0 aliphatic heterocycles. The van der Waals surface area contributed by atoms with E-state index in [9.17, 15) is 53.8 Å². The van der Waals surface area contributed by atoms with Gasteiger partial charge in [0.2, 0.25) is 5.91 Å². The Hall–Kier alpha value is -3.23. The Morgan fingerprint density at radius 3 is 2.11 bits per heavy atom. The van der Waals surface area contributed by atoms with Gasteiger partial charge in [-0.05, 0) is 86.3 Å². The molecule has 0 spiro atoms. The van der Waals surface area contributed by atoms with Gasteiger partial charge in [0, 0.05) is 23.4 Å². The number of carbonyl (C=O) groups excluding carboxylic acids is 1. The van der Waals surface area contributed by atoms with Crippen LogP contribution >= 0.6 is 0 Å². The molecule has 3 aliphatic rings. The van der Waals surface area contributed by atoms with Crippen molar-refractivity contribution in [1.29, 1.82) is 0 Å². The number of hydrogen-bond acceptors (Lipinski definition) is 4. The molecule has 6 atom stereocenters. The standard InChI is InChI=1S/C31H31F8NO5S/c1-16-14-18(27(42)43)2-9-22(16)26(41)40-25-12-13-28(46(44,45)21-7-5-20(32)6-8-21)23-11-4-19(15-17(23)3-10-24(25)28)29(33,30(34,35)36)31(37,38)39/h4-8,11,15-16,18,22,24-25H,2-3,9-10,12-14H2,1H3,(H,40,41)(H,42,43)/t16-,18?,22+,24-,25+,28+/m0/s1. The van der Waals surface area contributed by atoms with Gasteiger partial charge in [-0.3, -0.25) is 9.59 Å². The van der Waals surface area contributed by atoms with E-state index in [1.807, 2.05) is 0 Å². The zero-order valence-electron chi connectivity index (χ0n) is 24.4. The van der Waals surface area contributed by atoms with Gasteiger partial charge in [0.15, 0.2) is 9.84 Å². The molecule has 2 aromatic rings. The number of aryl methyl sites for hydroxylation is 1. The average molecular weight is 682 g/mol. The number of carboxylic acids is 1. The van der Waals surface area contributed by atoms with Crippen LogP contribution in [-0.4, -0.2) is 43.8 Å². The number of aliphatic carboxylic acids is 1. The lowest BCUT2D eigenvalue weighted by Crippen LogP contribution is -2.52. The first-order chi connectivity index (χ1) is 21.3. The Balaban J connectivity index is 1.57. The van der Waals surface area contributed by atoms with E-state index >= 15 is 4.39 Å². The monoisotopic (exact) mass is 681 g/mol. The van der Waals surface area contributed by atoms with E-state index in [1.165, 1.54) is 0 Å². The summed E-state index contributed by atoms with van der Waals surface area (Å²) >= 11 is 0. The molecule has 0 aromatic heterocycles. The summed E-state index contributed by atoms with van der Waals surface area (Å²) in [4.78, 5) is 24.6. The minimum Gasteiger partial charge on any atom is -0.481 e. The van der Waals surface area contributed by atoms with Crippen LogP contribution in [0.1, 0.15) is 62.1 Å². The Bertz CT molecular complexity index is 1610. The van der Waals surface area contributed by atoms with Gasteiger partial charge in [-0.2, -0.15) is 26.3 Å². The highest BCUT2D eigenvalue weighted by atomic mass is 32.2. The Morgan fingerprint density at radius 2 is 1.54 bits per heavy atom. The van der Waals surface area contributed by atoms with E-state index in [0.717, 1.165) is 30.3 Å². The van der Waals surface area contributed by atoms with Crippen molar-refractivity contribution in [2.75, 3.05) is 0 Å². The molecule has 0 saturated heterocycles. The van der Waals surface area contributed by atoms with Crippen molar-refractivity contribution in [3.63, 3.8) is 0 Å². The van der Waals surface area contributed by atoms with E-state index < -0.39 is 79.7 Å². The lowest BCUT2D eigenvalue weighted by molar-refractivity contribution is -0.348. The molecule has 0 bridgehead atoms. The molecule has 0 heterocycles. The van der Waals surface area contributed by atoms with Crippen molar-refractivity contribution in [2.45, 2.75) is 85.6 Å². The van der Waals surface area contributed by atoms with Crippen LogP contribution in [0.5, 0.6) is 0 Å². The number of nitrogens with one attached hydrogen (secondary N) is 1. The van der Waals surface area contributed by atoms with Crippen LogP contribution < -0.4 is 5.32 Å². The molecule has 2 aromatic carbocycles.